The number of aliphatic hydroxyl groups is 1. The molecule has 5 aromatic rings. The summed E-state index contributed by atoms with van der Waals surface area (Å²) in [7, 11) is 0. The minimum Gasteiger partial charge on any atom is -0.374 e. The third-order valence-electron chi connectivity index (χ3n) is 6.21. The van der Waals surface area contributed by atoms with Crippen LogP contribution in [-0.2, 0) is 5.60 Å². The summed E-state index contributed by atoms with van der Waals surface area (Å²) in [5, 5.41) is 12.7. The Morgan fingerprint density at radius 2 is 1.00 bits per heavy atom. The molecule has 3 nitrogen and oxygen atoms in total. The van der Waals surface area contributed by atoms with Gasteiger partial charge in [0.1, 0.15) is 11.4 Å². The molecule has 158 valence electrons. The molecule has 0 unspecified atom stereocenters. The summed E-state index contributed by atoms with van der Waals surface area (Å²) < 4.78 is 0. The van der Waals surface area contributed by atoms with Crippen LogP contribution in [0, 0.1) is 0 Å². The van der Waals surface area contributed by atoms with E-state index in [1.807, 2.05) is 109 Å². The molecule has 1 aliphatic carbocycles. The molecule has 33 heavy (non-hydrogen) atoms. The molecule has 0 spiro atoms. The Balaban J connectivity index is 1.69. The lowest BCUT2D eigenvalue weighted by Gasteiger charge is -2.28. The Labute approximate surface area is 197 Å². The van der Waals surface area contributed by atoms with Crippen LogP contribution in [-0.4, -0.2) is 15.1 Å². The maximum absolute atomic E-state index is 12.4. The first-order chi connectivity index (χ1) is 16.2. The van der Waals surface area contributed by atoms with E-state index in [-0.39, 0.29) is 5.15 Å². The zero-order valence-electron chi connectivity index (χ0n) is 17.6. The van der Waals surface area contributed by atoms with Crippen molar-refractivity contribution in [1.82, 2.24) is 9.97 Å². The van der Waals surface area contributed by atoms with Crippen LogP contribution in [0.2, 0.25) is 5.15 Å². The van der Waals surface area contributed by atoms with Crippen molar-refractivity contribution in [2.75, 3.05) is 0 Å². The minimum atomic E-state index is -1.48. The van der Waals surface area contributed by atoms with E-state index in [4.69, 9.17) is 21.6 Å². The number of halogens is 1. The molecule has 4 aromatic carbocycles. The highest BCUT2D eigenvalue weighted by Crippen LogP contribution is 2.52. The summed E-state index contributed by atoms with van der Waals surface area (Å²) in [4.78, 5) is 9.82. The van der Waals surface area contributed by atoms with Gasteiger partial charge in [0.15, 0.2) is 10.8 Å². The average Bonchev–Trinajstić information content (AvgIpc) is 3.15. The van der Waals surface area contributed by atoms with Gasteiger partial charge in [-0.15, -0.1) is 0 Å². The lowest BCUT2D eigenvalue weighted by atomic mass is 9.85. The molecule has 0 saturated heterocycles. The fourth-order valence-corrected chi connectivity index (χ4v) is 4.95. The lowest BCUT2D eigenvalue weighted by molar-refractivity contribution is 0.126. The molecule has 1 N–H and O–H groups in total. The zero-order valence-corrected chi connectivity index (χ0v) is 18.4. The maximum Gasteiger partial charge on any atom is 0.160 e. The Kier molecular flexibility index (Phi) is 4.61. The first kappa shape index (κ1) is 19.9. The number of rotatable bonds is 3. The largest absolute Gasteiger partial charge is 0.374 e. The number of aromatic nitrogens is 2. The van der Waals surface area contributed by atoms with Crippen LogP contribution in [0.15, 0.2) is 109 Å². The molecule has 6 rings (SSSR count). The van der Waals surface area contributed by atoms with Crippen LogP contribution >= 0.6 is 11.6 Å². The van der Waals surface area contributed by atoms with Crippen molar-refractivity contribution >= 4 is 11.6 Å². The van der Waals surface area contributed by atoms with E-state index in [2.05, 4.69) is 0 Å². The molecule has 1 aliphatic rings. The van der Waals surface area contributed by atoms with Gasteiger partial charge in [-0.3, -0.25) is 0 Å². The summed E-state index contributed by atoms with van der Waals surface area (Å²) in [6.45, 7) is 0. The van der Waals surface area contributed by atoms with Crippen molar-refractivity contribution in [1.29, 1.82) is 0 Å². The van der Waals surface area contributed by atoms with Gasteiger partial charge in [0.25, 0.3) is 0 Å². The van der Waals surface area contributed by atoms with Crippen LogP contribution < -0.4 is 0 Å². The van der Waals surface area contributed by atoms with Gasteiger partial charge in [0, 0.05) is 22.3 Å². The highest BCUT2D eigenvalue weighted by Gasteiger charge is 2.46. The third-order valence-corrected chi connectivity index (χ3v) is 6.48. The van der Waals surface area contributed by atoms with Crippen LogP contribution in [0.3, 0.4) is 0 Å². The predicted octanol–water partition coefficient (Wildman–Crippen LogP) is 6.73. The Hall–Kier alpha value is -3.79. The van der Waals surface area contributed by atoms with E-state index < -0.39 is 5.60 Å². The Morgan fingerprint density at radius 1 is 0.545 bits per heavy atom. The molecule has 1 aromatic heterocycles. The van der Waals surface area contributed by atoms with E-state index >= 15 is 0 Å². The van der Waals surface area contributed by atoms with Gasteiger partial charge in [-0.05, 0) is 11.1 Å². The van der Waals surface area contributed by atoms with Crippen LogP contribution in [0.1, 0.15) is 16.8 Å². The Morgan fingerprint density at radius 3 is 1.55 bits per heavy atom. The quantitative estimate of drug-likeness (QED) is 0.334. The summed E-state index contributed by atoms with van der Waals surface area (Å²) >= 11 is 6.73. The molecule has 0 fully saturated rings. The first-order valence-electron chi connectivity index (χ1n) is 10.8. The predicted molar refractivity (Wildman–Crippen MR) is 132 cm³/mol. The SMILES string of the molecule is OC1(c2nc(Cl)c(-c3ccccc3)nc2-c2ccccc2)c2ccccc2-c2ccccc21. The van der Waals surface area contributed by atoms with Crippen molar-refractivity contribution in [2.45, 2.75) is 5.60 Å². The molecule has 0 saturated carbocycles. The second-order valence-corrected chi connectivity index (χ2v) is 8.45. The standard InChI is InChI=1S/C29H19ClN2O/c30-28-26(20-13-5-2-6-14-20)31-25(19-11-3-1-4-12-19)27(32-28)29(33)23-17-9-7-15-21(23)22-16-8-10-18-24(22)29/h1-18,33H. The van der Waals surface area contributed by atoms with E-state index in [0.717, 1.165) is 33.4 Å². The van der Waals surface area contributed by atoms with E-state index in [0.29, 0.717) is 17.1 Å². The molecule has 0 atom stereocenters. The normalized spacial score (nSPS) is 13.4. The topological polar surface area (TPSA) is 46.0 Å². The van der Waals surface area contributed by atoms with Gasteiger partial charge < -0.3 is 5.11 Å². The van der Waals surface area contributed by atoms with Crippen molar-refractivity contribution in [3.63, 3.8) is 0 Å². The molecule has 4 heteroatoms. The molecular weight excluding hydrogens is 428 g/mol. The molecule has 0 aliphatic heterocycles. The molecule has 1 heterocycles. The summed E-state index contributed by atoms with van der Waals surface area (Å²) in [6, 6.07) is 35.4. The Bertz CT molecular complexity index is 1440. The monoisotopic (exact) mass is 446 g/mol. The van der Waals surface area contributed by atoms with Gasteiger partial charge in [-0.25, -0.2) is 9.97 Å². The van der Waals surface area contributed by atoms with Crippen molar-refractivity contribution in [2.24, 2.45) is 0 Å². The van der Waals surface area contributed by atoms with E-state index in [9.17, 15) is 5.11 Å². The van der Waals surface area contributed by atoms with E-state index in [1.165, 1.54) is 0 Å². The fourth-order valence-electron chi connectivity index (χ4n) is 4.71. The molecule has 0 amide bonds. The van der Waals surface area contributed by atoms with Crippen LogP contribution in [0.25, 0.3) is 33.6 Å². The highest BCUT2D eigenvalue weighted by molar-refractivity contribution is 6.31. The number of hydrogen-bond donors (Lipinski definition) is 1. The average molecular weight is 447 g/mol. The van der Waals surface area contributed by atoms with Gasteiger partial charge in [0.05, 0.1) is 5.69 Å². The third kappa shape index (κ3) is 3.01. The molecule has 0 radical (unpaired) electrons. The van der Waals surface area contributed by atoms with E-state index in [1.54, 1.807) is 0 Å². The molecular formula is C29H19ClN2O. The maximum atomic E-state index is 12.4. The zero-order chi connectivity index (χ0) is 22.4. The smallest absolute Gasteiger partial charge is 0.160 e. The van der Waals surface area contributed by atoms with Gasteiger partial charge in [-0.2, -0.15) is 0 Å². The summed E-state index contributed by atoms with van der Waals surface area (Å²) in [5.41, 5.74) is 5.40. The fraction of sp³-hybridized carbons (Fsp3) is 0.0345. The summed E-state index contributed by atoms with van der Waals surface area (Å²) in [5.74, 6) is 0. The summed E-state index contributed by atoms with van der Waals surface area (Å²) in [6.07, 6.45) is 0. The van der Waals surface area contributed by atoms with Gasteiger partial charge >= 0.3 is 0 Å². The van der Waals surface area contributed by atoms with Crippen LogP contribution in [0.5, 0.6) is 0 Å². The first-order valence-corrected chi connectivity index (χ1v) is 11.2. The second-order valence-electron chi connectivity index (χ2n) is 8.09. The number of hydrogen-bond acceptors (Lipinski definition) is 3. The van der Waals surface area contributed by atoms with Crippen LogP contribution in [0.4, 0.5) is 0 Å². The van der Waals surface area contributed by atoms with Crippen molar-refractivity contribution < 1.29 is 5.11 Å². The number of nitrogens with zero attached hydrogens (tertiary/aromatic N) is 2. The van der Waals surface area contributed by atoms with Crippen molar-refractivity contribution in [3.8, 4) is 33.6 Å². The number of benzene rings is 4. The second kappa shape index (κ2) is 7.66. The van der Waals surface area contributed by atoms with Crippen molar-refractivity contribution in [3.05, 3.63) is 131 Å². The van der Waals surface area contributed by atoms with Gasteiger partial charge in [0.2, 0.25) is 0 Å². The highest BCUT2D eigenvalue weighted by atomic mass is 35.5. The minimum absolute atomic E-state index is 0.256. The lowest BCUT2D eigenvalue weighted by Crippen LogP contribution is -2.29. The number of fused-ring (bicyclic) bond motifs is 3. The van der Waals surface area contributed by atoms with Gasteiger partial charge in [-0.1, -0.05) is 121 Å². The molecule has 0 bridgehead atoms.